The van der Waals surface area contributed by atoms with E-state index in [9.17, 15) is 14.4 Å². The predicted molar refractivity (Wildman–Crippen MR) is 108 cm³/mol. The van der Waals surface area contributed by atoms with Crippen LogP contribution in [-0.4, -0.2) is 29.6 Å². The number of hydrogen-bond acceptors (Lipinski definition) is 4. The highest BCUT2D eigenvalue weighted by atomic mass is 16.5. The highest BCUT2D eigenvalue weighted by molar-refractivity contribution is 6.00. The lowest BCUT2D eigenvalue weighted by Crippen LogP contribution is -2.46. The number of rotatable bonds is 5. The second-order valence-electron chi connectivity index (χ2n) is 7.31. The van der Waals surface area contributed by atoms with Crippen LogP contribution < -0.4 is 16.0 Å². The molecule has 2 aromatic rings. The van der Waals surface area contributed by atoms with Gasteiger partial charge in [-0.3, -0.25) is 4.79 Å². The fraction of sp³-hybridized carbons (Fsp3) is 0.286. The molecule has 0 heterocycles. The van der Waals surface area contributed by atoms with E-state index in [0.29, 0.717) is 11.4 Å². The smallest absolute Gasteiger partial charge is 0.338 e. The molecule has 7 nitrogen and oxygen atoms in total. The van der Waals surface area contributed by atoms with Crippen molar-refractivity contribution in [3.05, 3.63) is 60.2 Å². The monoisotopic (exact) mass is 383 g/mol. The van der Waals surface area contributed by atoms with Crippen LogP contribution in [0.3, 0.4) is 0 Å². The van der Waals surface area contributed by atoms with Gasteiger partial charge in [0.2, 0.25) is 0 Å². The number of benzene rings is 2. The van der Waals surface area contributed by atoms with Crippen LogP contribution in [0, 0.1) is 0 Å². The quantitative estimate of drug-likeness (QED) is 0.685. The van der Waals surface area contributed by atoms with E-state index in [0.717, 1.165) is 0 Å². The summed E-state index contributed by atoms with van der Waals surface area (Å²) in [5, 5.41) is 8.13. The molecule has 7 heteroatoms. The topological polar surface area (TPSA) is 96.5 Å². The van der Waals surface area contributed by atoms with Gasteiger partial charge in [-0.1, -0.05) is 18.2 Å². The molecular formula is C21H25N3O4. The number of hydrogen-bond donors (Lipinski definition) is 3. The maximum absolute atomic E-state index is 12.2. The SMILES string of the molecule is CC(OC(=O)c1ccc(NC(=O)Nc2ccccc2)cc1)C(=O)NC(C)(C)C. The molecule has 1 unspecified atom stereocenters. The number of carbonyl (C=O) groups is 3. The molecule has 1 atom stereocenters. The zero-order chi connectivity index (χ0) is 20.7. The van der Waals surface area contributed by atoms with E-state index in [2.05, 4.69) is 16.0 Å². The van der Waals surface area contributed by atoms with Crippen molar-refractivity contribution in [3.63, 3.8) is 0 Å². The van der Waals surface area contributed by atoms with Crippen molar-refractivity contribution in [1.29, 1.82) is 0 Å². The van der Waals surface area contributed by atoms with Gasteiger partial charge in [0.25, 0.3) is 5.91 Å². The van der Waals surface area contributed by atoms with Crippen molar-refractivity contribution in [1.82, 2.24) is 5.32 Å². The largest absolute Gasteiger partial charge is 0.449 e. The summed E-state index contributed by atoms with van der Waals surface area (Å²) in [5.74, 6) is -0.978. The molecule has 0 saturated carbocycles. The van der Waals surface area contributed by atoms with Gasteiger partial charge in [-0.25, -0.2) is 9.59 Å². The molecule has 0 aliphatic rings. The van der Waals surface area contributed by atoms with Crippen LogP contribution in [0.15, 0.2) is 54.6 Å². The fourth-order valence-electron chi connectivity index (χ4n) is 2.26. The average molecular weight is 383 g/mol. The summed E-state index contributed by atoms with van der Waals surface area (Å²) < 4.78 is 5.19. The van der Waals surface area contributed by atoms with E-state index in [-0.39, 0.29) is 11.5 Å². The Labute approximate surface area is 164 Å². The van der Waals surface area contributed by atoms with Crippen molar-refractivity contribution in [3.8, 4) is 0 Å². The van der Waals surface area contributed by atoms with Gasteiger partial charge in [-0.2, -0.15) is 0 Å². The molecule has 0 radical (unpaired) electrons. The van der Waals surface area contributed by atoms with Crippen LogP contribution in [0.4, 0.5) is 16.2 Å². The lowest BCUT2D eigenvalue weighted by atomic mass is 10.1. The number of nitrogens with one attached hydrogen (secondary N) is 3. The lowest BCUT2D eigenvalue weighted by molar-refractivity contribution is -0.130. The molecule has 3 N–H and O–H groups in total. The molecule has 2 rings (SSSR count). The second-order valence-corrected chi connectivity index (χ2v) is 7.31. The second kappa shape index (κ2) is 9.03. The third kappa shape index (κ3) is 6.75. The maximum Gasteiger partial charge on any atom is 0.338 e. The minimum absolute atomic E-state index is 0.282. The van der Waals surface area contributed by atoms with E-state index in [1.165, 1.54) is 19.1 Å². The van der Waals surface area contributed by atoms with Crippen molar-refractivity contribution < 1.29 is 19.1 Å². The normalized spacial score (nSPS) is 11.9. The maximum atomic E-state index is 12.2. The van der Waals surface area contributed by atoms with E-state index in [1.54, 1.807) is 24.3 Å². The van der Waals surface area contributed by atoms with Crippen LogP contribution in [0.5, 0.6) is 0 Å². The predicted octanol–water partition coefficient (Wildman–Crippen LogP) is 3.79. The molecule has 0 aliphatic carbocycles. The van der Waals surface area contributed by atoms with Crippen molar-refractivity contribution in [2.75, 3.05) is 10.6 Å². The minimum atomic E-state index is -0.916. The van der Waals surface area contributed by atoms with Gasteiger partial charge in [0.1, 0.15) is 0 Å². The number of anilines is 2. The number of para-hydroxylation sites is 1. The number of amides is 3. The first kappa shape index (κ1) is 21.0. The summed E-state index contributed by atoms with van der Waals surface area (Å²) in [4.78, 5) is 36.2. The molecule has 0 bridgehead atoms. The Morgan fingerprint density at radius 1 is 0.857 bits per heavy atom. The van der Waals surface area contributed by atoms with Crippen LogP contribution in [0.1, 0.15) is 38.1 Å². The van der Waals surface area contributed by atoms with Crippen molar-refractivity contribution in [2.24, 2.45) is 0 Å². The highest BCUT2D eigenvalue weighted by Crippen LogP contribution is 2.13. The first-order valence-corrected chi connectivity index (χ1v) is 8.90. The first-order chi connectivity index (χ1) is 13.1. The summed E-state index contributed by atoms with van der Waals surface area (Å²) in [6, 6.07) is 14.9. The summed E-state index contributed by atoms with van der Waals surface area (Å²) in [6.45, 7) is 7.06. The van der Waals surface area contributed by atoms with Gasteiger partial charge in [-0.05, 0) is 64.1 Å². The number of ether oxygens (including phenoxy) is 1. The van der Waals surface area contributed by atoms with Gasteiger partial charge in [-0.15, -0.1) is 0 Å². The van der Waals surface area contributed by atoms with Crippen LogP contribution in [0.25, 0.3) is 0 Å². The van der Waals surface area contributed by atoms with Gasteiger partial charge in [0, 0.05) is 16.9 Å². The third-order valence-electron chi connectivity index (χ3n) is 3.56. The van der Waals surface area contributed by atoms with E-state index >= 15 is 0 Å². The summed E-state index contributed by atoms with van der Waals surface area (Å²) in [7, 11) is 0. The van der Waals surface area contributed by atoms with Crippen LogP contribution in [0.2, 0.25) is 0 Å². The zero-order valence-corrected chi connectivity index (χ0v) is 16.4. The van der Waals surface area contributed by atoms with Crippen LogP contribution >= 0.6 is 0 Å². The number of esters is 1. The third-order valence-corrected chi connectivity index (χ3v) is 3.56. The molecule has 0 spiro atoms. The Morgan fingerprint density at radius 3 is 1.93 bits per heavy atom. The standard InChI is InChI=1S/C21H25N3O4/c1-14(18(25)24-21(2,3)4)28-19(26)15-10-12-17(13-11-15)23-20(27)22-16-8-6-5-7-9-16/h5-14H,1-4H3,(H,24,25)(H2,22,23,27). The van der Waals surface area contributed by atoms with Gasteiger partial charge in [0.05, 0.1) is 5.56 Å². The molecule has 0 aromatic heterocycles. The van der Waals surface area contributed by atoms with Crippen LogP contribution in [-0.2, 0) is 9.53 Å². The minimum Gasteiger partial charge on any atom is -0.449 e. The van der Waals surface area contributed by atoms with Crippen molar-refractivity contribution >= 4 is 29.3 Å². The molecule has 2 aromatic carbocycles. The summed E-state index contributed by atoms with van der Waals surface area (Å²) in [6.07, 6.45) is -0.916. The zero-order valence-electron chi connectivity index (χ0n) is 16.4. The number of urea groups is 1. The Morgan fingerprint density at radius 2 is 1.39 bits per heavy atom. The molecule has 3 amide bonds. The summed E-state index contributed by atoms with van der Waals surface area (Å²) >= 11 is 0. The number of carbonyl (C=O) groups excluding carboxylic acids is 3. The Bertz CT molecular complexity index is 827. The highest BCUT2D eigenvalue weighted by Gasteiger charge is 2.22. The van der Waals surface area contributed by atoms with Gasteiger partial charge < -0.3 is 20.7 Å². The van der Waals surface area contributed by atoms with Gasteiger partial charge >= 0.3 is 12.0 Å². The lowest BCUT2D eigenvalue weighted by Gasteiger charge is -2.23. The molecular weight excluding hydrogens is 358 g/mol. The van der Waals surface area contributed by atoms with E-state index < -0.39 is 23.6 Å². The molecule has 148 valence electrons. The van der Waals surface area contributed by atoms with Gasteiger partial charge in [0.15, 0.2) is 6.10 Å². The molecule has 0 fully saturated rings. The fourth-order valence-corrected chi connectivity index (χ4v) is 2.26. The van der Waals surface area contributed by atoms with E-state index in [4.69, 9.17) is 4.74 Å². The van der Waals surface area contributed by atoms with Crippen molar-refractivity contribution in [2.45, 2.75) is 39.3 Å². The molecule has 0 aliphatic heterocycles. The van der Waals surface area contributed by atoms with E-state index in [1.807, 2.05) is 39.0 Å². The Balaban J connectivity index is 1.89. The Hall–Kier alpha value is -3.35. The first-order valence-electron chi connectivity index (χ1n) is 8.90. The molecule has 0 saturated heterocycles. The Kier molecular flexibility index (Phi) is 6.76. The average Bonchev–Trinajstić information content (AvgIpc) is 2.61. The summed E-state index contributed by atoms with van der Waals surface area (Å²) in [5.41, 5.74) is 1.06. The molecule has 28 heavy (non-hydrogen) atoms.